The van der Waals surface area contributed by atoms with Crippen LogP contribution in [0.2, 0.25) is 0 Å². The maximum atomic E-state index is 10.1. The number of carboxylic acids is 1. The molecule has 0 saturated heterocycles. The normalized spacial score (nSPS) is 13.3. The Morgan fingerprint density at radius 3 is 2.64 bits per heavy atom. The van der Waals surface area contributed by atoms with Crippen LogP contribution in [-0.2, 0) is 4.79 Å². The van der Waals surface area contributed by atoms with Gasteiger partial charge in [0.2, 0.25) is 0 Å². The minimum atomic E-state index is -0.955. The monoisotopic (exact) mass is 200 g/mol. The van der Waals surface area contributed by atoms with E-state index in [1.165, 1.54) is 18.9 Å². The average molecular weight is 200 g/mol. The van der Waals surface area contributed by atoms with E-state index in [2.05, 4.69) is 6.92 Å². The van der Waals surface area contributed by atoms with Gasteiger partial charge in [-0.05, 0) is 12.8 Å². The van der Waals surface area contributed by atoms with Crippen LogP contribution in [0.4, 0.5) is 0 Å². The van der Waals surface area contributed by atoms with Crippen LogP contribution < -0.4 is 0 Å². The van der Waals surface area contributed by atoms with Crippen molar-refractivity contribution in [1.82, 2.24) is 0 Å². The van der Waals surface area contributed by atoms with Crippen LogP contribution in [-0.4, -0.2) is 22.3 Å². The van der Waals surface area contributed by atoms with Gasteiger partial charge in [0.1, 0.15) is 0 Å². The van der Waals surface area contributed by atoms with Gasteiger partial charge in [-0.1, -0.05) is 38.7 Å². The maximum absolute atomic E-state index is 10.1. The average Bonchev–Trinajstić information content (AvgIpc) is 2.12. The number of aliphatic hydroxyl groups excluding tert-OH is 1. The number of aliphatic carboxylic acids is 1. The van der Waals surface area contributed by atoms with Crippen molar-refractivity contribution in [2.24, 2.45) is 0 Å². The lowest BCUT2D eigenvalue weighted by atomic mass is 10.1. The number of rotatable bonds is 8. The van der Waals surface area contributed by atoms with Gasteiger partial charge in [-0.25, -0.2) is 4.79 Å². The highest BCUT2D eigenvalue weighted by Crippen LogP contribution is 2.08. The van der Waals surface area contributed by atoms with E-state index in [-0.39, 0.29) is 6.10 Å². The highest BCUT2D eigenvalue weighted by atomic mass is 16.4. The smallest absolute Gasteiger partial charge is 0.327 e. The number of unbranched alkanes of at least 4 members (excludes halogenated alkanes) is 3. The molecule has 0 fully saturated rings. The van der Waals surface area contributed by atoms with E-state index >= 15 is 0 Å². The first-order chi connectivity index (χ1) is 6.66. The molecule has 0 amide bonds. The summed E-state index contributed by atoms with van der Waals surface area (Å²) in [7, 11) is 0. The minimum absolute atomic E-state index is 0.387. The number of carboxylic acid groups (broad SMARTS) is 1. The molecule has 2 N–H and O–H groups in total. The van der Waals surface area contributed by atoms with Crippen molar-refractivity contribution in [1.29, 1.82) is 0 Å². The van der Waals surface area contributed by atoms with E-state index in [1.807, 2.05) is 0 Å². The van der Waals surface area contributed by atoms with E-state index in [0.717, 1.165) is 25.3 Å². The van der Waals surface area contributed by atoms with Gasteiger partial charge in [-0.15, -0.1) is 0 Å². The Hall–Kier alpha value is -0.830. The topological polar surface area (TPSA) is 57.5 Å². The standard InChI is InChI=1S/C11H20O3/c1-2-3-4-5-7-10(12)8-6-9-11(13)14/h6,9-10,12H,2-5,7-8H2,1H3,(H,13,14)/b9-6+/t10-/m1/s1. The molecule has 0 spiro atoms. The third kappa shape index (κ3) is 9.26. The molecule has 0 radical (unpaired) electrons. The van der Waals surface area contributed by atoms with Crippen LogP contribution in [0.15, 0.2) is 12.2 Å². The minimum Gasteiger partial charge on any atom is -0.478 e. The Balaban J connectivity index is 3.36. The molecule has 0 aliphatic carbocycles. The second-order valence-corrected chi connectivity index (χ2v) is 3.48. The predicted octanol–water partition coefficient (Wildman–Crippen LogP) is 2.35. The van der Waals surface area contributed by atoms with E-state index in [0.29, 0.717) is 6.42 Å². The lowest BCUT2D eigenvalue weighted by molar-refractivity contribution is -0.131. The summed E-state index contributed by atoms with van der Waals surface area (Å²) in [6.45, 7) is 2.14. The van der Waals surface area contributed by atoms with Crippen molar-refractivity contribution in [2.75, 3.05) is 0 Å². The molecule has 0 aromatic rings. The Morgan fingerprint density at radius 2 is 2.07 bits per heavy atom. The van der Waals surface area contributed by atoms with Crippen LogP contribution in [0.25, 0.3) is 0 Å². The SMILES string of the molecule is CCCCCC[C@@H](O)C/C=C/C(=O)O. The molecule has 0 aromatic carbocycles. The van der Waals surface area contributed by atoms with Gasteiger partial charge in [-0.3, -0.25) is 0 Å². The molecular formula is C11H20O3. The van der Waals surface area contributed by atoms with E-state index in [1.54, 1.807) is 0 Å². The van der Waals surface area contributed by atoms with Crippen molar-refractivity contribution in [3.63, 3.8) is 0 Å². The molecule has 0 heterocycles. The Kier molecular flexibility index (Phi) is 8.24. The zero-order valence-corrected chi connectivity index (χ0v) is 8.78. The Morgan fingerprint density at radius 1 is 1.36 bits per heavy atom. The molecule has 0 aliphatic rings. The Bertz CT molecular complexity index is 175. The molecular weight excluding hydrogens is 180 g/mol. The van der Waals surface area contributed by atoms with Gasteiger partial charge in [0.05, 0.1) is 6.10 Å². The summed E-state index contributed by atoms with van der Waals surface area (Å²) >= 11 is 0. The first-order valence-electron chi connectivity index (χ1n) is 5.24. The highest BCUT2D eigenvalue weighted by Gasteiger charge is 2.01. The van der Waals surface area contributed by atoms with E-state index < -0.39 is 5.97 Å². The second-order valence-electron chi connectivity index (χ2n) is 3.48. The zero-order chi connectivity index (χ0) is 10.8. The van der Waals surface area contributed by atoms with Crippen molar-refractivity contribution in [2.45, 2.75) is 51.6 Å². The second kappa shape index (κ2) is 8.75. The molecule has 0 rings (SSSR count). The fourth-order valence-electron chi connectivity index (χ4n) is 1.25. The number of carbonyl (C=O) groups is 1. The van der Waals surface area contributed by atoms with Crippen molar-refractivity contribution >= 4 is 5.97 Å². The first-order valence-corrected chi connectivity index (χ1v) is 5.24. The summed E-state index contributed by atoms with van der Waals surface area (Å²) in [4.78, 5) is 10.1. The lowest BCUT2D eigenvalue weighted by Crippen LogP contribution is -2.04. The summed E-state index contributed by atoms with van der Waals surface area (Å²) in [5.41, 5.74) is 0. The van der Waals surface area contributed by atoms with Crippen LogP contribution in [0.3, 0.4) is 0 Å². The number of hydrogen-bond acceptors (Lipinski definition) is 2. The van der Waals surface area contributed by atoms with Gasteiger partial charge in [0.15, 0.2) is 0 Å². The van der Waals surface area contributed by atoms with E-state index in [4.69, 9.17) is 5.11 Å². The van der Waals surface area contributed by atoms with Gasteiger partial charge in [0.25, 0.3) is 0 Å². The van der Waals surface area contributed by atoms with Crippen LogP contribution in [0.5, 0.6) is 0 Å². The molecule has 1 atom stereocenters. The van der Waals surface area contributed by atoms with Crippen LogP contribution >= 0.6 is 0 Å². The molecule has 0 aromatic heterocycles. The molecule has 3 heteroatoms. The predicted molar refractivity (Wildman–Crippen MR) is 56.2 cm³/mol. The molecule has 0 bridgehead atoms. The fourth-order valence-corrected chi connectivity index (χ4v) is 1.25. The van der Waals surface area contributed by atoms with E-state index in [9.17, 15) is 9.90 Å². The van der Waals surface area contributed by atoms with Crippen LogP contribution in [0.1, 0.15) is 45.4 Å². The van der Waals surface area contributed by atoms with Gasteiger partial charge in [-0.2, -0.15) is 0 Å². The summed E-state index contributed by atoms with van der Waals surface area (Å²) < 4.78 is 0. The summed E-state index contributed by atoms with van der Waals surface area (Å²) in [6, 6.07) is 0. The maximum Gasteiger partial charge on any atom is 0.327 e. The van der Waals surface area contributed by atoms with Crippen molar-refractivity contribution in [3.05, 3.63) is 12.2 Å². The lowest BCUT2D eigenvalue weighted by Gasteiger charge is -2.06. The van der Waals surface area contributed by atoms with Crippen molar-refractivity contribution < 1.29 is 15.0 Å². The largest absolute Gasteiger partial charge is 0.478 e. The van der Waals surface area contributed by atoms with Gasteiger partial charge in [0, 0.05) is 6.08 Å². The van der Waals surface area contributed by atoms with Crippen LogP contribution in [0, 0.1) is 0 Å². The molecule has 3 nitrogen and oxygen atoms in total. The first kappa shape index (κ1) is 13.2. The summed E-state index contributed by atoms with van der Waals surface area (Å²) in [5.74, 6) is -0.955. The van der Waals surface area contributed by atoms with Gasteiger partial charge >= 0.3 is 5.97 Å². The fraction of sp³-hybridized carbons (Fsp3) is 0.727. The van der Waals surface area contributed by atoms with Crippen molar-refractivity contribution in [3.8, 4) is 0 Å². The third-order valence-electron chi connectivity index (χ3n) is 2.06. The zero-order valence-electron chi connectivity index (χ0n) is 8.78. The number of hydrogen-bond donors (Lipinski definition) is 2. The molecule has 0 aliphatic heterocycles. The summed E-state index contributed by atoms with van der Waals surface area (Å²) in [5, 5.41) is 17.7. The number of aliphatic hydroxyl groups is 1. The van der Waals surface area contributed by atoms with Gasteiger partial charge < -0.3 is 10.2 Å². The summed E-state index contributed by atoms with van der Waals surface area (Å²) in [6.07, 6.45) is 7.98. The highest BCUT2D eigenvalue weighted by molar-refractivity contribution is 5.79. The molecule has 14 heavy (non-hydrogen) atoms. The quantitative estimate of drug-likeness (QED) is 0.467. The Labute approximate surface area is 85.4 Å². The third-order valence-corrected chi connectivity index (χ3v) is 2.06. The molecule has 0 unspecified atom stereocenters. The molecule has 0 saturated carbocycles. The molecule has 82 valence electrons.